The first-order valence-electron chi connectivity index (χ1n) is 21.8. The molecule has 63 heavy (non-hydrogen) atoms. The number of hydrogen-bond acceptors (Lipinski definition) is 10. The first-order valence-corrected chi connectivity index (χ1v) is 21.8. The average molecular weight is 859 g/mol. The van der Waals surface area contributed by atoms with Gasteiger partial charge < -0.3 is 49.3 Å². The van der Waals surface area contributed by atoms with Crippen LogP contribution in [0.15, 0.2) is 60.8 Å². The van der Waals surface area contributed by atoms with Crippen molar-refractivity contribution in [2.24, 2.45) is 5.92 Å². The highest BCUT2D eigenvalue weighted by Gasteiger charge is 2.52. The zero-order valence-electron chi connectivity index (χ0n) is 36.4. The monoisotopic (exact) mass is 858 g/mol. The number of ether oxygens (including phenoxy) is 4. The predicted molar refractivity (Wildman–Crippen MR) is 233 cm³/mol. The van der Waals surface area contributed by atoms with Crippen LogP contribution in [0.2, 0.25) is 0 Å². The SMILES string of the molecule is COC(=O)N[C@H](C(=O)N1CCC[C@H]1c1nc2ccc(-c3ccc4c(c3)Oc3ccc(-c5cnc([C@@H]6CCCN6C(=O)[C@@H](NC(=O)OC)[C@@H](C)OC)[nH]5)cc3C43CC3)cc2[nH]1)C(C)C. The van der Waals surface area contributed by atoms with Crippen LogP contribution in [-0.4, -0.2) is 106 Å². The Kier molecular flexibility index (Phi) is 11.1. The van der Waals surface area contributed by atoms with Gasteiger partial charge >= 0.3 is 12.2 Å². The summed E-state index contributed by atoms with van der Waals surface area (Å²) < 4.78 is 21.7. The Morgan fingerprint density at radius 1 is 0.746 bits per heavy atom. The van der Waals surface area contributed by atoms with Crippen molar-refractivity contribution in [2.45, 2.75) is 95.0 Å². The summed E-state index contributed by atoms with van der Waals surface area (Å²) in [7, 11) is 4.06. The Morgan fingerprint density at radius 3 is 2.05 bits per heavy atom. The van der Waals surface area contributed by atoms with Gasteiger partial charge in [0.05, 0.1) is 55.3 Å². The van der Waals surface area contributed by atoms with Gasteiger partial charge in [0.1, 0.15) is 35.2 Å². The van der Waals surface area contributed by atoms with E-state index in [2.05, 4.69) is 57.0 Å². The van der Waals surface area contributed by atoms with Crippen LogP contribution in [0, 0.1) is 5.92 Å². The van der Waals surface area contributed by atoms with Gasteiger partial charge in [-0.1, -0.05) is 32.0 Å². The lowest BCUT2D eigenvalue weighted by molar-refractivity contribution is -0.137. The number of carbonyl (C=O) groups is 4. The first kappa shape index (κ1) is 41.9. The summed E-state index contributed by atoms with van der Waals surface area (Å²) >= 11 is 0. The van der Waals surface area contributed by atoms with Gasteiger partial charge in [0, 0.05) is 42.3 Å². The van der Waals surface area contributed by atoms with Gasteiger partial charge in [-0.15, -0.1) is 0 Å². The van der Waals surface area contributed by atoms with Crippen LogP contribution in [0.4, 0.5) is 9.59 Å². The minimum absolute atomic E-state index is 0.117. The number of nitrogens with zero attached hydrogens (tertiary/aromatic N) is 4. The molecule has 0 bridgehead atoms. The number of aromatic nitrogens is 4. The standard InChI is InChI=1S/C47H54N8O8/c1-25(2)39(52-45(58)61-5)43(56)55-20-8-10-36(55)42-49-32-15-12-27(22-33(32)50-42)28-11-14-30-38(23-28)63-37-16-13-29(21-31(37)47(30)17-18-47)34-24-48-41(51-34)35-9-7-19-54(35)44(57)40(26(3)60-4)53-46(59)62-6/h11-16,21-26,35-36,39-40H,7-10,17-20H2,1-6H3,(H,48,51)(H,49,50)(H,52,58)(H,53,59)/t26-,35+,36+,39+,40+/m1/s1. The van der Waals surface area contributed by atoms with E-state index in [9.17, 15) is 19.2 Å². The minimum Gasteiger partial charge on any atom is -0.457 e. The summed E-state index contributed by atoms with van der Waals surface area (Å²) in [6, 6.07) is 16.8. The second kappa shape index (κ2) is 16.7. The van der Waals surface area contributed by atoms with Crippen LogP contribution in [0.1, 0.15) is 94.2 Å². The van der Waals surface area contributed by atoms with E-state index in [0.717, 1.165) is 94.8 Å². The summed E-state index contributed by atoms with van der Waals surface area (Å²) in [6.45, 7) is 6.68. The molecule has 5 aromatic rings. The van der Waals surface area contributed by atoms with Crippen molar-refractivity contribution < 1.29 is 38.1 Å². The summed E-state index contributed by atoms with van der Waals surface area (Å²) in [5.74, 6) is 2.58. The lowest BCUT2D eigenvalue weighted by Crippen LogP contribution is -2.54. The van der Waals surface area contributed by atoms with E-state index in [4.69, 9.17) is 28.9 Å². The summed E-state index contributed by atoms with van der Waals surface area (Å²) in [5.41, 5.74) is 7.70. The van der Waals surface area contributed by atoms with E-state index in [1.165, 1.54) is 26.9 Å². The van der Waals surface area contributed by atoms with Gasteiger partial charge in [-0.3, -0.25) is 9.59 Å². The second-order valence-electron chi connectivity index (χ2n) is 17.4. The van der Waals surface area contributed by atoms with E-state index in [1.807, 2.05) is 43.1 Å². The smallest absolute Gasteiger partial charge is 0.407 e. The average Bonchev–Trinajstić information content (AvgIpc) is 3.82. The van der Waals surface area contributed by atoms with Gasteiger partial charge in [0.2, 0.25) is 11.8 Å². The second-order valence-corrected chi connectivity index (χ2v) is 17.4. The fraction of sp³-hybridized carbons (Fsp3) is 0.447. The van der Waals surface area contributed by atoms with Crippen LogP contribution in [0.3, 0.4) is 0 Å². The van der Waals surface area contributed by atoms with Crippen molar-refractivity contribution in [3.63, 3.8) is 0 Å². The minimum atomic E-state index is -0.906. The van der Waals surface area contributed by atoms with E-state index in [1.54, 1.807) is 11.8 Å². The third-order valence-corrected chi connectivity index (χ3v) is 13.4. The molecular weight excluding hydrogens is 805 g/mol. The molecule has 4 aliphatic rings. The molecule has 1 aliphatic carbocycles. The molecule has 5 heterocycles. The Bertz CT molecular complexity index is 2580. The van der Waals surface area contributed by atoms with Crippen molar-refractivity contribution in [1.82, 2.24) is 40.4 Å². The number of aromatic amines is 2. The number of rotatable bonds is 11. The molecule has 16 nitrogen and oxygen atoms in total. The third-order valence-electron chi connectivity index (χ3n) is 13.4. The van der Waals surface area contributed by atoms with Crippen LogP contribution >= 0.6 is 0 Å². The van der Waals surface area contributed by atoms with Crippen molar-refractivity contribution >= 4 is 35.0 Å². The highest BCUT2D eigenvalue weighted by molar-refractivity contribution is 5.88. The molecule has 0 radical (unpaired) electrons. The first-order chi connectivity index (χ1) is 30.4. The van der Waals surface area contributed by atoms with Gasteiger partial charge in [-0.25, -0.2) is 19.6 Å². The van der Waals surface area contributed by atoms with Crippen molar-refractivity contribution in [2.75, 3.05) is 34.4 Å². The molecule has 1 spiro atoms. The summed E-state index contributed by atoms with van der Waals surface area (Å²) in [6.07, 6.45) is 5.10. The number of fused-ring (bicyclic) bond motifs is 5. The summed E-state index contributed by atoms with van der Waals surface area (Å²) in [5, 5.41) is 5.36. The number of amides is 4. The molecule has 2 saturated heterocycles. The number of hydrogen-bond donors (Lipinski definition) is 4. The third kappa shape index (κ3) is 7.63. The van der Waals surface area contributed by atoms with Crippen LogP contribution in [0.5, 0.6) is 11.5 Å². The molecule has 330 valence electrons. The predicted octanol–water partition coefficient (Wildman–Crippen LogP) is 7.27. The number of nitrogens with one attached hydrogen (secondary N) is 4. The van der Waals surface area contributed by atoms with Gasteiger partial charge in [-0.05, 0) is 98.9 Å². The zero-order valence-corrected chi connectivity index (χ0v) is 36.4. The van der Waals surface area contributed by atoms with Gasteiger partial charge in [0.15, 0.2) is 0 Å². The molecule has 2 aromatic heterocycles. The zero-order chi connectivity index (χ0) is 44.2. The van der Waals surface area contributed by atoms with E-state index < -0.39 is 30.4 Å². The molecule has 3 fully saturated rings. The number of H-pyrrole nitrogens is 2. The number of alkyl carbamates (subject to hydrolysis) is 2. The number of methoxy groups -OCH3 is 3. The fourth-order valence-corrected chi connectivity index (χ4v) is 9.68. The molecule has 1 saturated carbocycles. The maximum atomic E-state index is 13.8. The largest absolute Gasteiger partial charge is 0.457 e. The molecule has 4 N–H and O–H groups in total. The topological polar surface area (TPSA) is 193 Å². The van der Waals surface area contributed by atoms with Crippen molar-refractivity contribution in [3.05, 3.63) is 83.6 Å². The van der Waals surface area contributed by atoms with E-state index >= 15 is 0 Å². The van der Waals surface area contributed by atoms with Gasteiger partial charge in [-0.2, -0.15) is 0 Å². The molecule has 9 rings (SSSR count). The van der Waals surface area contributed by atoms with Crippen LogP contribution in [-0.2, 0) is 29.2 Å². The molecule has 16 heteroatoms. The maximum absolute atomic E-state index is 13.8. The molecular formula is C47H54N8O8. The Morgan fingerprint density at radius 2 is 1.38 bits per heavy atom. The molecule has 0 unspecified atom stereocenters. The lowest BCUT2D eigenvalue weighted by atomic mass is 9.83. The molecule has 3 aliphatic heterocycles. The van der Waals surface area contributed by atoms with E-state index in [-0.39, 0.29) is 35.2 Å². The Hall–Kier alpha value is -6.42. The van der Waals surface area contributed by atoms with Crippen molar-refractivity contribution in [1.29, 1.82) is 0 Å². The number of likely N-dealkylation sites (tertiary alicyclic amines) is 2. The maximum Gasteiger partial charge on any atom is 0.407 e. The van der Waals surface area contributed by atoms with Gasteiger partial charge in [0.25, 0.3) is 0 Å². The quantitative estimate of drug-likeness (QED) is 0.105. The van der Waals surface area contributed by atoms with E-state index in [0.29, 0.717) is 18.9 Å². The molecule has 3 aromatic carbocycles. The molecule has 5 atom stereocenters. The molecule has 4 amide bonds. The number of imidazole rings is 2. The number of carbonyl (C=O) groups excluding carboxylic acids is 4. The van der Waals surface area contributed by atoms with Crippen LogP contribution in [0.25, 0.3) is 33.4 Å². The van der Waals surface area contributed by atoms with Crippen molar-refractivity contribution in [3.8, 4) is 33.9 Å². The number of benzene rings is 3. The lowest BCUT2D eigenvalue weighted by Gasteiger charge is -2.30. The highest BCUT2D eigenvalue weighted by atomic mass is 16.5. The van der Waals surface area contributed by atoms with Crippen LogP contribution < -0.4 is 15.4 Å². The summed E-state index contributed by atoms with van der Waals surface area (Å²) in [4.78, 5) is 72.0. The fourth-order valence-electron chi connectivity index (χ4n) is 9.68. The highest BCUT2D eigenvalue weighted by Crippen LogP contribution is 2.62. The Balaban J connectivity index is 0.926. The normalized spacial score (nSPS) is 19.9. The Labute approximate surface area is 365 Å².